The van der Waals surface area contributed by atoms with Crippen molar-refractivity contribution in [1.82, 2.24) is 9.55 Å². The maximum atomic E-state index is 13.4. The molecule has 0 unspecified atom stereocenters. The Bertz CT molecular complexity index is 1020. The number of thiophene rings is 1. The van der Waals surface area contributed by atoms with E-state index in [0.717, 1.165) is 44.9 Å². The van der Waals surface area contributed by atoms with Crippen LogP contribution in [0.1, 0.15) is 50.4 Å². The summed E-state index contributed by atoms with van der Waals surface area (Å²) in [5.74, 6) is 0.855. The van der Waals surface area contributed by atoms with Crippen molar-refractivity contribution in [2.24, 2.45) is 0 Å². The molecule has 5 heteroatoms. The van der Waals surface area contributed by atoms with Gasteiger partial charge < -0.3 is 4.74 Å². The molecule has 0 atom stereocenters. The predicted molar refractivity (Wildman–Crippen MR) is 119 cm³/mol. The minimum atomic E-state index is 0.0461. The Hall–Kier alpha value is -1.98. The largest absolute Gasteiger partial charge is 0.383 e. The van der Waals surface area contributed by atoms with Gasteiger partial charge in [0.25, 0.3) is 5.56 Å². The smallest absolute Gasteiger partial charge is 0.262 e. The third-order valence-electron chi connectivity index (χ3n) is 5.10. The molecule has 150 valence electrons. The third-order valence-corrected chi connectivity index (χ3v) is 6.10. The molecule has 0 bridgehead atoms. The van der Waals surface area contributed by atoms with E-state index in [1.54, 1.807) is 23.0 Å². The first-order valence-electron chi connectivity index (χ1n) is 9.90. The van der Waals surface area contributed by atoms with E-state index in [2.05, 4.69) is 58.9 Å². The van der Waals surface area contributed by atoms with Gasteiger partial charge in [0, 0.05) is 24.0 Å². The number of fused-ring (bicyclic) bond motifs is 1. The van der Waals surface area contributed by atoms with Gasteiger partial charge in [-0.3, -0.25) is 9.36 Å². The molecule has 3 aromatic rings. The van der Waals surface area contributed by atoms with Crippen LogP contribution >= 0.6 is 11.3 Å². The van der Waals surface area contributed by atoms with Crippen molar-refractivity contribution >= 4 is 21.6 Å². The molecule has 28 heavy (non-hydrogen) atoms. The molecule has 3 rings (SSSR count). The molecule has 2 aromatic heterocycles. The highest BCUT2D eigenvalue weighted by Crippen LogP contribution is 2.36. The predicted octanol–water partition coefficient (Wildman–Crippen LogP) is 5.33. The van der Waals surface area contributed by atoms with Crippen molar-refractivity contribution in [2.75, 3.05) is 13.7 Å². The van der Waals surface area contributed by atoms with Gasteiger partial charge in [0.1, 0.15) is 10.7 Å². The summed E-state index contributed by atoms with van der Waals surface area (Å²) in [5, 5.41) is 0.738. The van der Waals surface area contributed by atoms with E-state index in [1.807, 2.05) is 0 Å². The molecule has 0 fully saturated rings. The van der Waals surface area contributed by atoms with Crippen LogP contribution in [0, 0.1) is 6.92 Å². The number of aromatic nitrogens is 2. The zero-order valence-electron chi connectivity index (χ0n) is 17.8. The maximum Gasteiger partial charge on any atom is 0.262 e. The van der Waals surface area contributed by atoms with E-state index < -0.39 is 0 Å². The van der Waals surface area contributed by atoms with Crippen molar-refractivity contribution in [3.8, 4) is 11.1 Å². The molecule has 0 spiro atoms. The standard InChI is InChI=1S/C23H30N2O2S/c1-7-8-18-24-21-20(22(26)25(18)13-14-27-6)19(15(2)28-21)16-9-11-17(12-10-16)23(3,4)5/h9-12H,7-8,13-14H2,1-6H3. The Morgan fingerprint density at radius 1 is 1.18 bits per heavy atom. The number of methoxy groups -OCH3 is 1. The molecule has 4 nitrogen and oxygen atoms in total. The summed E-state index contributed by atoms with van der Waals surface area (Å²) in [6, 6.07) is 8.60. The normalized spacial score (nSPS) is 12.1. The van der Waals surface area contributed by atoms with E-state index in [0.29, 0.717) is 13.2 Å². The summed E-state index contributed by atoms with van der Waals surface area (Å²) >= 11 is 1.61. The van der Waals surface area contributed by atoms with Gasteiger partial charge in [-0.05, 0) is 29.9 Å². The number of aryl methyl sites for hydroxylation is 2. The molecule has 0 aliphatic carbocycles. The molecule has 0 saturated heterocycles. The summed E-state index contributed by atoms with van der Waals surface area (Å²) in [7, 11) is 1.66. The van der Waals surface area contributed by atoms with E-state index in [9.17, 15) is 4.79 Å². The zero-order valence-corrected chi connectivity index (χ0v) is 18.6. The van der Waals surface area contributed by atoms with Crippen molar-refractivity contribution < 1.29 is 4.74 Å². The molecule has 0 N–H and O–H groups in total. The van der Waals surface area contributed by atoms with Crippen LogP contribution in [0.5, 0.6) is 0 Å². The second-order valence-corrected chi connectivity index (χ2v) is 9.47. The van der Waals surface area contributed by atoms with Crippen molar-refractivity contribution in [1.29, 1.82) is 0 Å². The Morgan fingerprint density at radius 2 is 1.86 bits per heavy atom. The molecule has 0 saturated carbocycles. The second kappa shape index (κ2) is 8.18. The highest BCUT2D eigenvalue weighted by Gasteiger charge is 2.20. The van der Waals surface area contributed by atoms with Gasteiger partial charge in [-0.2, -0.15) is 0 Å². The first kappa shape index (κ1) is 20.7. The SMILES string of the molecule is CCCc1nc2sc(C)c(-c3ccc(C(C)(C)C)cc3)c2c(=O)n1CCOC. The number of hydrogen-bond acceptors (Lipinski definition) is 4. The van der Waals surface area contributed by atoms with Gasteiger partial charge in [0.2, 0.25) is 0 Å². The molecule has 0 radical (unpaired) electrons. The van der Waals surface area contributed by atoms with Crippen LogP contribution in [0.15, 0.2) is 29.1 Å². The molecule has 0 amide bonds. The Balaban J connectivity index is 2.21. The Morgan fingerprint density at radius 3 is 2.43 bits per heavy atom. The summed E-state index contributed by atoms with van der Waals surface area (Å²) < 4.78 is 7.03. The quantitative estimate of drug-likeness (QED) is 0.564. The number of rotatable bonds is 6. The summed E-state index contributed by atoms with van der Waals surface area (Å²) in [4.78, 5) is 20.3. The average Bonchev–Trinajstić information content (AvgIpc) is 2.97. The molecule has 2 heterocycles. The van der Waals surface area contributed by atoms with Gasteiger partial charge >= 0.3 is 0 Å². The first-order valence-corrected chi connectivity index (χ1v) is 10.7. The fraction of sp³-hybridized carbons (Fsp3) is 0.478. The van der Waals surface area contributed by atoms with Crippen LogP contribution in [0.2, 0.25) is 0 Å². The van der Waals surface area contributed by atoms with Crippen LogP contribution in [-0.4, -0.2) is 23.3 Å². The van der Waals surface area contributed by atoms with E-state index >= 15 is 0 Å². The number of benzene rings is 1. The first-order chi connectivity index (χ1) is 13.3. The Kier molecular flexibility index (Phi) is 6.06. The molecule has 1 aromatic carbocycles. The minimum Gasteiger partial charge on any atom is -0.383 e. The lowest BCUT2D eigenvalue weighted by atomic mass is 9.86. The molecular weight excluding hydrogens is 368 g/mol. The van der Waals surface area contributed by atoms with Crippen LogP contribution in [0.3, 0.4) is 0 Å². The third kappa shape index (κ3) is 3.91. The van der Waals surface area contributed by atoms with Crippen molar-refractivity contribution in [3.63, 3.8) is 0 Å². The number of ether oxygens (including phenoxy) is 1. The lowest BCUT2D eigenvalue weighted by Gasteiger charge is -2.19. The minimum absolute atomic E-state index is 0.0461. The monoisotopic (exact) mass is 398 g/mol. The van der Waals surface area contributed by atoms with Crippen molar-refractivity contribution in [3.05, 3.63) is 50.9 Å². The van der Waals surface area contributed by atoms with Gasteiger partial charge in [-0.1, -0.05) is 52.0 Å². The Labute approximate surface area is 171 Å². The lowest BCUT2D eigenvalue weighted by Crippen LogP contribution is -2.27. The molecule has 0 aliphatic heterocycles. The summed E-state index contributed by atoms with van der Waals surface area (Å²) in [5.41, 5.74) is 3.54. The lowest BCUT2D eigenvalue weighted by molar-refractivity contribution is 0.185. The highest BCUT2D eigenvalue weighted by molar-refractivity contribution is 7.19. The van der Waals surface area contributed by atoms with E-state index in [1.165, 1.54) is 5.56 Å². The van der Waals surface area contributed by atoms with Crippen LogP contribution < -0.4 is 5.56 Å². The summed E-state index contributed by atoms with van der Waals surface area (Å²) in [6.45, 7) is 11.9. The second-order valence-electron chi connectivity index (χ2n) is 8.27. The maximum absolute atomic E-state index is 13.4. The summed E-state index contributed by atoms with van der Waals surface area (Å²) in [6.07, 6.45) is 1.75. The van der Waals surface area contributed by atoms with Gasteiger partial charge in [0.05, 0.1) is 18.5 Å². The van der Waals surface area contributed by atoms with Crippen LogP contribution in [0.4, 0.5) is 0 Å². The average molecular weight is 399 g/mol. The molecular formula is C23H30N2O2S. The highest BCUT2D eigenvalue weighted by atomic mass is 32.1. The van der Waals surface area contributed by atoms with Crippen LogP contribution in [0.25, 0.3) is 21.3 Å². The van der Waals surface area contributed by atoms with E-state index in [-0.39, 0.29) is 11.0 Å². The van der Waals surface area contributed by atoms with Crippen LogP contribution in [-0.2, 0) is 23.1 Å². The van der Waals surface area contributed by atoms with Gasteiger partial charge in [0.15, 0.2) is 0 Å². The number of nitrogens with zero attached hydrogens (tertiary/aromatic N) is 2. The van der Waals surface area contributed by atoms with E-state index in [4.69, 9.17) is 9.72 Å². The topological polar surface area (TPSA) is 44.1 Å². The molecule has 0 aliphatic rings. The van der Waals surface area contributed by atoms with Gasteiger partial charge in [-0.15, -0.1) is 11.3 Å². The number of hydrogen-bond donors (Lipinski definition) is 0. The zero-order chi connectivity index (χ0) is 20.5. The van der Waals surface area contributed by atoms with Crippen molar-refractivity contribution in [2.45, 2.75) is 59.4 Å². The fourth-order valence-electron chi connectivity index (χ4n) is 3.55. The van der Waals surface area contributed by atoms with Gasteiger partial charge in [-0.25, -0.2) is 4.98 Å². The fourth-order valence-corrected chi connectivity index (χ4v) is 4.60.